The molecular weight excluding hydrogens is 312 g/mol. The largest absolute Gasteiger partial charge is 0.379 e. The summed E-state index contributed by atoms with van der Waals surface area (Å²) in [6.45, 7) is 6.07. The van der Waals surface area contributed by atoms with Crippen LogP contribution in [-0.4, -0.2) is 40.6 Å². The first kappa shape index (κ1) is 18.4. The van der Waals surface area contributed by atoms with Crippen LogP contribution in [0, 0.1) is 0 Å². The van der Waals surface area contributed by atoms with E-state index in [0.29, 0.717) is 31.5 Å². The number of carbonyl (C=O) groups is 1. The van der Waals surface area contributed by atoms with E-state index in [4.69, 9.17) is 0 Å². The quantitative estimate of drug-likeness (QED) is 0.833. The summed E-state index contributed by atoms with van der Waals surface area (Å²) in [5.41, 5.74) is 1.20. The van der Waals surface area contributed by atoms with Gasteiger partial charge in [-0.3, -0.25) is 4.79 Å². The molecule has 2 aliphatic rings. The predicted octanol–water partition coefficient (Wildman–Crippen LogP) is 3.20. The monoisotopic (exact) mass is 344 g/mol. The zero-order valence-corrected chi connectivity index (χ0v) is 15.6. The van der Waals surface area contributed by atoms with E-state index < -0.39 is 5.60 Å². The Hall–Kier alpha value is -1.39. The van der Waals surface area contributed by atoms with Gasteiger partial charge in [-0.25, -0.2) is 0 Å². The summed E-state index contributed by atoms with van der Waals surface area (Å²) in [5, 5.41) is 14.3. The van der Waals surface area contributed by atoms with Gasteiger partial charge in [0.25, 0.3) is 5.91 Å². The number of piperidine rings is 1. The molecule has 4 nitrogen and oxygen atoms in total. The molecule has 1 heterocycles. The highest BCUT2D eigenvalue weighted by atomic mass is 16.3. The Balaban J connectivity index is 1.60. The summed E-state index contributed by atoms with van der Waals surface area (Å²) in [6, 6.07) is 8.96. The van der Waals surface area contributed by atoms with Gasteiger partial charge in [0.1, 0.15) is 0 Å². The van der Waals surface area contributed by atoms with E-state index in [1.54, 1.807) is 0 Å². The Kier molecular flexibility index (Phi) is 5.80. The summed E-state index contributed by atoms with van der Waals surface area (Å²) in [6.07, 6.45) is 6.25. The van der Waals surface area contributed by atoms with Crippen molar-refractivity contribution in [2.24, 2.45) is 0 Å². The molecule has 1 amide bonds. The van der Waals surface area contributed by atoms with Crippen LogP contribution in [-0.2, 0) is 11.3 Å². The fourth-order valence-electron chi connectivity index (χ4n) is 4.05. The van der Waals surface area contributed by atoms with E-state index in [0.717, 1.165) is 31.4 Å². The standard InChI is InChI=1S/C21H32N2O2/c1-16(2)18-10-8-17(9-11-18)14-23-13-5-12-21(25,20(23)24)15-22-19-6-3-4-7-19/h8-11,16,19,22,25H,3-7,12-15H2,1-2H3/t21-/m1/s1. The molecule has 1 saturated heterocycles. The lowest BCUT2D eigenvalue weighted by Crippen LogP contribution is -2.58. The van der Waals surface area contributed by atoms with Crippen LogP contribution >= 0.6 is 0 Å². The zero-order chi connectivity index (χ0) is 17.9. The van der Waals surface area contributed by atoms with Crippen molar-refractivity contribution in [3.05, 3.63) is 35.4 Å². The molecule has 0 spiro atoms. The topological polar surface area (TPSA) is 52.6 Å². The smallest absolute Gasteiger partial charge is 0.256 e. The molecule has 0 radical (unpaired) electrons. The highest BCUT2D eigenvalue weighted by Crippen LogP contribution is 2.26. The van der Waals surface area contributed by atoms with Gasteiger partial charge in [-0.2, -0.15) is 0 Å². The average Bonchev–Trinajstić information content (AvgIpc) is 3.12. The van der Waals surface area contributed by atoms with Crippen molar-refractivity contribution < 1.29 is 9.90 Å². The Morgan fingerprint density at radius 2 is 1.88 bits per heavy atom. The van der Waals surface area contributed by atoms with Gasteiger partial charge in [0.05, 0.1) is 0 Å². The maximum Gasteiger partial charge on any atom is 0.256 e. The lowest BCUT2D eigenvalue weighted by atomic mass is 9.91. The first-order valence-corrected chi connectivity index (χ1v) is 9.82. The second-order valence-corrected chi connectivity index (χ2v) is 8.12. The van der Waals surface area contributed by atoms with Crippen molar-refractivity contribution in [2.75, 3.05) is 13.1 Å². The number of nitrogens with zero attached hydrogens (tertiary/aromatic N) is 1. The van der Waals surface area contributed by atoms with Crippen molar-refractivity contribution in [1.82, 2.24) is 10.2 Å². The lowest BCUT2D eigenvalue weighted by molar-refractivity contribution is -0.157. The minimum absolute atomic E-state index is 0.114. The molecule has 1 saturated carbocycles. The van der Waals surface area contributed by atoms with Gasteiger partial charge >= 0.3 is 0 Å². The maximum atomic E-state index is 12.9. The lowest BCUT2D eigenvalue weighted by Gasteiger charge is -2.39. The van der Waals surface area contributed by atoms with E-state index in [1.165, 1.54) is 18.4 Å². The predicted molar refractivity (Wildman–Crippen MR) is 100 cm³/mol. The van der Waals surface area contributed by atoms with Crippen LogP contribution in [0.4, 0.5) is 0 Å². The number of nitrogens with one attached hydrogen (secondary N) is 1. The van der Waals surface area contributed by atoms with Crippen molar-refractivity contribution in [3.63, 3.8) is 0 Å². The number of amides is 1. The van der Waals surface area contributed by atoms with Crippen LogP contribution in [0.15, 0.2) is 24.3 Å². The summed E-state index contributed by atoms with van der Waals surface area (Å²) in [7, 11) is 0. The molecule has 1 aliphatic heterocycles. The van der Waals surface area contributed by atoms with E-state index in [2.05, 4.69) is 43.4 Å². The zero-order valence-electron chi connectivity index (χ0n) is 15.6. The molecule has 4 heteroatoms. The third-order valence-corrected chi connectivity index (χ3v) is 5.76. The number of carbonyl (C=O) groups excluding carboxylic acids is 1. The third kappa shape index (κ3) is 4.42. The minimum Gasteiger partial charge on any atom is -0.379 e. The van der Waals surface area contributed by atoms with Gasteiger partial charge in [0.2, 0.25) is 0 Å². The Labute approximate surface area is 151 Å². The second-order valence-electron chi connectivity index (χ2n) is 8.12. The molecule has 1 aromatic carbocycles. The van der Waals surface area contributed by atoms with Crippen molar-refractivity contribution in [2.45, 2.75) is 76.5 Å². The minimum atomic E-state index is -1.24. The van der Waals surface area contributed by atoms with Crippen molar-refractivity contribution >= 4 is 5.91 Å². The molecule has 0 unspecified atom stereocenters. The molecule has 3 rings (SSSR count). The average molecular weight is 344 g/mol. The highest BCUT2D eigenvalue weighted by molar-refractivity contribution is 5.86. The summed E-state index contributed by atoms with van der Waals surface area (Å²) in [5.74, 6) is 0.398. The molecule has 138 valence electrons. The van der Waals surface area contributed by atoms with E-state index in [9.17, 15) is 9.90 Å². The Bertz CT molecular complexity index is 578. The van der Waals surface area contributed by atoms with E-state index in [1.807, 2.05) is 4.90 Å². The van der Waals surface area contributed by atoms with Gasteiger partial charge in [0.15, 0.2) is 5.60 Å². The molecule has 25 heavy (non-hydrogen) atoms. The third-order valence-electron chi connectivity index (χ3n) is 5.76. The number of benzene rings is 1. The molecule has 0 bridgehead atoms. The normalized spacial score (nSPS) is 25.1. The van der Waals surface area contributed by atoms with Gasteiger partial charge in [0, 0.05) is 25.7 Å². The number of hydrogen-bond donors (Lipinski definition) is 2. The molecule has 0 aromatic heterocycles. The summed E-state index contributed by atoms with van der Waals surface area (Å²) < 4.78 is 0. The van der Waals surface area contributed by atoms with Gasteiger partial charge in [-0.15, -0.1) is 0 Å². The first-order chi connectivity index (χ1) is 12.0. The summed E-state index contributed by atoms with van der Waals surface area (Å²) >= 11 is 0. The van der Waals surface area contributed by atoms with Gasteiger partial charge < -0.3 is 15.3 Å². The van der Waals surface area contributed by atoms with Crippen LogP contribution in [0.25, 0.3) is 0 Å². The van der Waals surface area contributed by atoms with Crippen LogP contribution < -0.4 is 5.32 Å². The number of rotatable bonds is 6. The molecule has 2 fully saturated rings. The summed E-state index contributed by atoms with van der Waals surface area (Å²) in [4.78, 5) is 14.7. The molecule has 1 atom stereocenters. The van der Waals surface area contributed by atoms with Crippen LogP contribution in [0.3, 0.4) is 0 Å². The Morgan fingerprint density at radius 3 is 2.52 bits per heavy atom. The molecular formula is C21H32N2O2. The SMILES string of the molecule is CC(C)c1ccc(CN2CCC[C@@](O)(CNC3CCCC3)C2=O)cc1. The van der Waals surface area contributed by atoms with Crippen LogP contribution in [0.1, 0.15) is 69.4 Å². The van der Waals surface area contributed by atoms with E-state index >= 15 is 0 Å². The van der Waals surface area contributed by atoms with Gasteiger partial charge in [-0.05, 0) is 42.7 Å². The van der Waals surface area contributed by atoms with E-state index in [-0.39, 0.29) is 5.91 Å². The first-order valence-electron chi connectivity index (χ1n) is 9.82. The number of hydrogen-bond acceptors (Lipinski definition) is 3. The fourth-order valence-corrected chi connectivity index (χ4v) is 4.05. The molecule has 1 aliphatic carbocycles. The Morgan fingerprint density at radius 1 is 1.20 bits per heavy atom. The number of aliphatic hydroxyl groups is 1. The van der Waals surface area contributed by atoms with Crippen LogP contribution in [0.2, 0.25) is 0 Å². The second kappa shape index (κ2) is 7.88. The highest BCUT2D eigenvalue weighted by Gasteiger charge is 2.42. The molecule has 2 N–H and O–H groups in total. The van der Waals surface area contributed by atoms with Crippen LogP contribution in [0.5, 0.6) is 0 Å². The maximum absolute atomic E-state index is 12.9. The van der Waals surface area contributed by atoms with Crippen molar-refractivity contribution in [1.29, 1.82) is 0 Å². The fraction of sp³-hybridized carbons (Fsp3) is 0.667. The van der Waals surface area contributed by atoms with Crippen molar-refractivity contribution in [3.8, 4) is 0 Å². The molecule has 1 aromatic rings. The number of likely N-dealkylation sites (tertiary alicyclic amines) is 1. The van der Waals surface area contributed by atoms with Gasteiger partial charge in [-0.1, -0.05) is 51.0 Å².